The maximum atomic E-state index is 15.4. The molecule has 0 unspecified atom stereocenters. The van der Waals surface area contributed by atoms with Crippen LogP contribution in [0.2, 0.25) is 0 Å². The van der Waals surface area contributed by atoms with Gasteiger partial charge in [-0.1, -0.05) is 18.7 Å². The average molecular weight is 456 g/mol. The molecule has 0 saturated carbocycles. The molecule has 7 nitrogen and oxygen atoms in total. The number of nitrogens with zero attached hydrogens (tertiary/aromatic N) is 4. The molecule has 0 aliphatic carbocycles. The summed E-state index contributed by atoms with van der Waals surface area (Å²) in [6.07, 6.45) is 7.50. The number of hydrogen-bond acceptors (Lipinski definition) is 6. The number of allylic oxidation sites excluding steroid dienone is 1. The number of aliphatic imine (C=N–C) groups is 1. The minimum absolute atomic E-state index is 0.0970. The zero-order valence-corrected chi connectivity index (χ0v) is 19.5. The van der Waals surface area contributed by atoms with Crippen molar-refractivity contribution < 1.29 is 14.2 Å². The summed E-state index contributed by atoms with van der Waals surface area (Å²) in [4.78, 5) is 6.05. The average Bonchev–Trinajstić information content (AvgIpc) is 3.37. The molecule has 1 fully saturated rings. The van der Waals surface area contributed by atoms with E-state index in [2.05, 4.69) is 22.0 Å². The van der Waals surface area contributed by atoms with E-state index in [4.69, 9.17) is 4.74 Å². The molecular weight excluding hydrogens is 421 g/mol. The Labute approximate surface area is 195 Å². The number of rotatable bonds is 11. The Morgan fingerprint density at radius 1 is 1.36 bits per heavy atom. The molecule has 33 heavy (non-hydrogen) atoms. The van der Waals surface area contributed by atoms with Crippen molar-refractivity contribution in [1.29, 1.82) is 0 Å². The second-order valence-electron chi connectivity index (χ2n) is 8.42. The highest BCUT2D eigenvalue weighted by Crippen LogP contribution is 2.34. The van der Waals surface area contributed by atoms with Gasteiger partial charge in [0.05, 0.1) is 11.4 Å². The predicted octanol–water partition coefficient (Wildman–Crippen LogP) is 3.82. The Morgan fingerprint density at radius 3 is 2.70 bits per heavy atom. The topological polar surface area (TPSA) is 74.9 Å². The quantitative estimate of drug-likeness (QED) is 0.398. The van der Waals surface area contributed by atoms with E-state index in [0.29, 0.717) is 32.7 Å². The molecule has 0 amide bonds. The van der Waals surface area contributed by atoms with Crippen molar-refractivity contribution in [2.45, 2.75) is 32.7 Å². The van der Waals surface area contributed by atoms with E-state index in [1.54, 1.807) is 28.9 Å². The van der Waals surface area contributed by atoms with Crippen LogP contribution in [0.4, 0.5) is 4.39 Å². The van der Waals surface area contributed by atoms with E-state index in [-0.39, 0.29) is 23.5 Å². The standard InChI is InChI=1S/C25H34FN5O2/c1-4-27-24(23(26)20(2)28-19-25(10-15-32)11-16-33-17-12-25)30(3)18-21-6-8-22(9-7-21)31-14-5-13-29-31/h4-9,13-14,28,32H,2,10-12,15-19H2,1,3H3/b24-23-,27-4?. The van der Waals surface area contributed by atoms with Crippen molar-refractivity contribution in [3.05, 3.63) is 72.2 Å². The Kier molecular flexibility index (Phi) is 8.79. The van der Waals surface area contributed by atoms with Crippen LogP contribution in [0.5, 0.6) is 0 Å². The second-order valence-corrected chi connectivity index (χ2v) is 8.42. The summed E-state index contributed by atoms with van der Waals surface area (Å²) in [6.45, 7) is 8.09. The summed E-state index contributed by atoms with van der Waals surface area (Å²) in [5.41, 5.74) is 2.06. The lowest BCUT2D eigenvalue weighted by Crippen LogP contribution is -2.39. The number of halogens is 1. The highest BCUT2D eigenvalue weighted by molar-refractivity contribution is 5.55. The number of hydrogen-bond donors (Lipinski definition) is 2. The zero-order chi connectivity index (χ0) is 23.7. The van der Waals surface area contributed by atoms with Gasteiger partial charge in [0.25, 0.3) is 0 Å². The maximum Gasteiger partial charge on any atom is 0.187 e. The number of aromatic nitrogens is 2. The van der Waals surface area contributed by atoms with E-state index in [9.17, 15) is 5.11 Å². The molecule has 1 aliphatic heterocycles. The van der Waals surface area contributed by atoms with Crippen molar-refractivity contribution >= 4 is 6.21 Å². The molecule has 1 aromatic heterocycles. The molecule has 1 aromatic carbocycles. The first-order chi connectivity index (χ1) is 16.0. The first-order valence-corrected chi connectivity index (χ1v) is 11.3. The van der Waals surface area contributed by atoms with Gasteiger partial charge in [-0.05, 0) is 55.4 Å². The second kappa shape index (κ2) is 11.8. The van der Waals surface area contributed by atoms with E-state index in [1.165, 1.54) is 0 Å². The Morgan fingerprint density at radius 2 is 2.09 bits per heavy atom. The van der Waals surface area contributed by atoms with Crippen LogP contribution in [0, 0.1) is 5.41 Å². The molecule has 3 rings (SSSR count). The van der Waals surface area contributed by atoms with Crippen molar-refractivity contribution in [2.24, 2.45) is 10.4 Å². The van der Waals surface area contributed by atoms with Gasteiger partial charge in [0, 0.05) is 58.6 Å². The molecule has 0 radical (unpaired) electrons. The van der Waals surface area contributed by atoms with Gasteiger partial charge in [-0.25, -0.2) is 14.1 Å². The summed E-state index contributed by atoms with van der Waals surface area (Å²) >= 11 is 0. The first kappa shape index (κ1) is 24.7. The summed E-state index contributed by atoms with van der Waals surface area (Å²) < 4.78 is 22.6. The Bertz CT molecular complexity index is 942. The van der Waals surface area contributed by atoms with Gasteiger partial charge in [-0.15, -0.1) is 0 Å². The van der Waals surface area contributed by atoms with Crippen molar-refractivity contribution in [3.63, 3.8) is 0 Å². The molecule has 2 N–H and O–H groups in total. The summed E-state index contributed by atoms with van der Waals surface area (Å²) in [7, 11) is 1.81. The van der Waals surface area contributed by atoms with E-state index >= 15 is 4.39 Å². The fourth-order valence-electron chi connectivity index (χ4n) is 4.03. The Balaban J connectivity index is 1.68. The zero-order valence-electron chi connectivity index (χ0n) is 19.5. The fourth-order valence-corrected chi connectivity index (χ4v) is 4.03. The monoisotopic (exact) mass is 455 g/mol. The van der Waals surface area contributed by atoms with E-state index in [1.807, 2.05) is 43.6 Å². The van der Waals surface area contributed by atoms with Crippen molar-refractivity contribution in [2.75, 3.05) is 33.4 Å². The van der Waals surface area contributed by atoms with Gasteiger partial charge in [0.1, 0.15) is 0 Å². The van der Waals surface area contributed by atoms with Crippen LogP contribution in [0.1, 0.15) is 31.7 Å². The lowest BCUT2D eigenvalue weighted by molar-refractivity contribution is 0.00375. The summed E-state index contributed by atoms with van der Waals surface area (Å²) in [6, 6.07) is 9.83. The van der Waals surface area contributed by atoms with Crippen LogP contribution in [0.3, 0.4) is 0 Å². The molecule has 0 spiro atoms. The van der Waals surface area contributed by atoms with Gasteiger partial charge in [-0.3, -0.25) is 0 Å². The smallest absolute Gasteiger partial charge is 0.187 e. The fraction of sp³-hybridized carbons (Fsp3) is 0.440. The van der Waals surface area contributed by atoms with E-state index < -0.39 is 5.83 Å². The van der Waals surface area contributed by atoms with Crippen LogP contribution in [-0.2, 0) is 11.3 Å². The normalized spacial score (nSPS) is 16.5. The molecule has 2 heterocycles. The third-order valence-corrected chi connectivity index (χ3v) is 6.07. The van der Waals surface area contributed by atoms with Crippen LogP contribution in [0.15, 0.2) is 71.6 Å². The van der Waals surface area contributed by atoms with Crippen LogP contribution in [0.25, 0.3) is 5.69 Å². The highest BCUT2D eigenvalue weighted by atomic mass is 19.1. The number of nitrogens with one attached hydrogen (secondary N) is 1. The number of aliphatic hydroxyl groups is 1. The lowest BCUT2D eigenvalue weighted by atomic mass is 9.77. The van der Waals surface area contributed by atoms with Crippen molar-refractivity contribution in [1.82, 2.24) is 20.0 Å². The summed E-state index contributed by atoms with van der Waals surface area (Å²) in [5, 5.41) is 16.9. The Hall–Kier alpha value is -2.97. The number of aliphatic hydroxyl groups excluding tert-OH is 1. The third kappa shape index (κ3) is 6.52. The molecular formula is C25H34FN5O2. The molecule has 1 saturated heterocycles. The first-order valence-electron chi connectivity index (χ1n) is 11.3. The highest BCUT2D eigenvalue weighted by Gasteiger charge is 2.32. The molecule has 2 aromatic rings. The SMILES string of the molecule is C=C(NCC1(CCO)CCOCC1)/C(F)=C(\N=CC)N(C)Cc1ccc(-n2cccn2)cc1. The van der Waals surface area contributed by atoms with Gasteiger partial charge < -0.3 is 20.1 Å². The van der Waals surface area contributed by atoms with Gasteiger partial charge in [0.2, 0.25) is 0 Å². The molecule has 0 bridgehead atoms. The molecule has 8 heteroatoms. The van der Waals surface area contributed by atoms with Crippen LogP contribution >= 0.6 is 0 Å². The lowest BCUT2D eigenvalue weighted by Gasteiger charge is -2.37. The van der Waals surface area contributed by atoms with E-state index in [0.717, 1.165) is 24.1 Å². The van der Waals surface area contributed by atoms with Crippen LogP contribution in [-0.4, -0.2) is 59.4 Å². The van der Waals surface area contributed by atoms with Crippen LogP contribution < -0.4 is 5.32 Å². The predicted molar refractivity (Wildman–Crippen MR) is 129 cm³/mol. The van der Waals surface area contributed by atoms with Gasteiger partial charge in [0.15, 0.2) is 11.6 Å². The molecule has 0 atom stereocenters. The summed E-state index contributed by atoms with van der Waals surface area (Å²) in [5.74, 6) is -0.274. The number of benzene rings is 1. The molecule has 178 valence electrons. The minimum atomic E-state index is -0.491. The van der Waals surface area contributed by atoms with Crippen molar-refractivity contribution in [3.8, 4) is 5.69 Å². The maximum absolute atomic E-state index is 15.4. The number of ether oxygens (including phenoxy) is 1. The molecule has 1 aliphatic rings. The van der Waals surface area contributed by atoms with Gasteiger partial charge in [-0.2, -0.15) is 5.10 Å². The minimum Gasteiger partial charge on any atom is -0.396 e. The largest absolute Gasteiger partial charge is 0.396 e. The third-order valence-electron chi connectivity index (χ3n) is 6.07. The van der Waals surface area contributed by atoms with Gasteiger partial charge >= 0.3 is 0 Å².